The normalized spacial score (nSPS) is 19.2. The lowest BCUT2D eigenvalue weighted by Crippen LogP contribution is -2.34. The number of carbonyl (C=O) groups excluding carboxylic acids is 1. The minimum atomic E-state index is -1.21. The number of carbonyl (C=O) groups is 3. The predicted molar refractivity (Wildman–Crippen MR) is 107 cm³/mol. The standard InChI is InChI=1S/C20H23ClN2O5/c1-11-16(19(25)26)18(17(20(27)28)12(2)22-11)13-6-5-7-14(10-13)23-15(24)8-3-4-9-21/h5-7,10,16,18H,3-4,8-9H2,1-2H3,(H,23,24)(H,25,26)(H,27,28). The fourth-order valence-electron chi connectivity index (χ4n) is 3.41. The van der Waals surface area contributed by atoms with Crippen LogP contribution in [0.25, 0.3) is 0 Å². The molecular weight excluding hydrogens is 384 g/mol. The molecule has 0 aromatic heterocycles. The van der Waals surface area contributed by atoms with Crippen molar-refractivity contribution in [3.63, 3.8) is 0 Å². The molecule has 1 aromatic rings. The number of hydrogen-bond donors (Lipinski definition) is 3. The number of nitrogens with one attached hydrogen (secondary N) is 1. The van der Waals surface area contributed by atoms with Crippen LogP contribution in [-0.2, 0) is 14.4 Å². The lowest BCUT2D eigenvalue weighted by molar-refractivity contribution is -0.140. The Labute approximate surface area is 168 Å². The molecular formula is C20H23ClN2O5. The highest BCUT2D eigenvalue weighted by molar-refractivity contribution is 6.17. The van der Waals surface area contributed by atoms with Gasteiger partial charge in [-0.3, -0.25) is 14.6 Å². The molecule has 1 aromatic carbocycles. The van der Waals surface area contributed by atoms with Crippen molar-refractivity contribution in [2.24, 2.45) is 10.9 Å². The van der Waals surface area contributed by atoms with E-state index in [2.05, 4.69) is 10.3 Å². The Hall–Kier alpha value is -2.67. The first-order valence-corrected chi connectivity index (χ1v) is 9.47. The van der Waals surface area contributed by atoms with Crippen LogP contribution < -0.4 is 5.32 Å². The molecule has 0 spiro atoms. The summed E-state index contributed by atoms with van der Waals surface area (Å²) in [4.78, 5) is 39.9. The van der Waals surface area contributed by atoms with Gasteiger partial charge in [-0.25, -0.2) is 4.79 Å². The van der Waals surface area contributed by atoms with Crippen molar-refractivity contribution in [1.82, 2.24) is 0 Å². The monoisotopic (exact) mass is 406 g/mol. The average molecular weight is 407 g/mol. The zero-order valence-electron chi connectivity index (χ0n) is 15.7. The number of hydrogen-bond acceptors (Lipinski definition) is 4. The highest BCUT2D eigenvalue weighted by Gasteiger charge is 2.41. The summed E-state index contributed by atoms with van der Waals surface area (Å²) in [6.07, 6.45) is 1.73. The maximum Gasteiger partial charge on any atom is 0.334 e. The van der Waals surface area contributed by atoms with Gasteiger partial charge in [-0.2, -0.15) is 0 Å². The minimum absolute atomic E-state index is 0.0522. The van der Waals surface area contributed by atoms with Gasteiger partial charge in [0.15, 0.2) is 0 Å². The zero-order valence-corrected chi connectivity index (χ0v) is 16.5. The Kier molecular flexibility index (Phi) is 7.34. The maximum atomic E-state index is 12.1. The summed E-state index contributed by atoms with van der Waals surface area (Å²) >= 11 is 5.61. The number of carboxylic acid groups (broad SMARTS) is 2. The van der Waals surface area contributed by atoms with E-state index in [4.69, 9.17) is 11.6 Å². The first-order chi connectivity index (χ1) is 13.3. The lowest BCUT2D eigenvalue weighted by atomic mass is 9.75. The van der Waals surface area contributed by atoms with Gasteiger partial charge in [-0.1, -0.05) is 12.1 Å². The molecule has 2 unspecified atom stereocenters. The largest absolute Gasteiger partial charge is 0.481 e. The van der Waals surface area contributed by atoms with Gasteiger partial charge >= 0.3 is 11.9 Å². The number of benzene rings is 1. The minimum Gasteiger partial charge on any atom is -0.481 e. The summed E-state index contributed by atoms with van der Waals surface area (Å²) in [5.74, 6) is -4.03. The van der Waals surface area contributed by atoms with Crippen LogP contribution in [0, 0.1) is 5.92 Å². The molecule has 28 heavy (non-hydrogen) atoms. The van der Waals surface area contributed by atoms with Gasteiger partial charge in [-0.15, -0.1) is 11.6 Å². The Morgan fingerprint density at radius 3 is 2.50 bits per heavy atom. The molecule has 2 atom stereocenters. The van der Waals surface area contributed by atoms with Gasteiger partial charge < -0.3 is 15.5 Å². The molecule has 1 aliphatic rings. The number of amides is 1. The number of unbranched alkanes of at least 4 members (excludes halogenated alkanes) is 1. The molecule has 8 heteroatoms. The van der Waals surface area contributed by atoms with Crippen LogP contribution in [0.5, 0.6) is 0 Å². The van der Waals surface area contributed by atoms with Crippen molar-refractivity contribution in [2.75, 3.05) is 11.2 Å². The van der Waals surface area contributed by atoms with Crippen LogP contribution in [0.15, 0.2) is 40.5 Å². The molecule has 2 rings (SSSR count). The van der Waals surface area contributed by atoms with E-state index in [-0.39, 0.29) is 17.2 Å². The number of anilines is 1. The van der Waals surface area contributed by atoms with Gasteiger partial charge in [0.05, 0.1) is 5.57 Å². The van der Waals surface area contributed by atoms with Crippen molar-refractivity contribution in [2.45, 2.75) is 39.0 Å². The lowest BCUT2D eigenvalue weighted by Gasteiger charge is -2.29. The summed E-state index contributed by atoms with van der Waals surface area (Å²) in [5, 5.41) is 22.1. The van der Waals surface area contributed by atoms with Crippen LogP contribution in [0.2, 0.25) is 0 Å². The van der Waals surface area contributed by atoms with Crippen LogP contribution in [0.1, 0.15) is 44.6 Å². The SMILES string of the molecule is CC1=NC(C)=C(C(=O)O)C(c2cccc(NC(=O)CCCCCl)c2)C1C(=O)O. The Balaban J connectivity index is 2.38. The highest BCUT2D eigenvalue weighted by Crippen LogP contribution is 2.39. The van der Waals surface area contributed by atoms with Crippen molar-refractivity contribution >= 4 is 40.8 Å². The Morgan fingerprint density at radius 1 is 1.18 bits per heavy atom. The number of nitrogens with zero attached hydrogens (tertiary/aromatic N) is 1. The van der Waals surface area contributed by atoms with Gasteiger partial charge in [0, 0.05) is 35.3 Å². The summed E-state index contributed by atoms with van der Waals surface area (Å²) in [6, 6.07) is 6.63. The number of rotatable bonds is 8. The number of aliphatic imine (C=N–C) groups is 1. The van der Waals surface area contributed by atoms with E-state index in [9.17, 15) is 24.6 Å². The zero-order chi connectivity index (χ0) is 20.8. The molecule has 3 N–H and O–H groups in total. The third kappa shape index (κ3) is 4.98. The van der Waals surface area contributed by atoms with Crippen LogP contribution in [-0.4, -0.2) is 39.7 Å². The molecule has 0 radical (unpaired) electrons. The van der Waals surface area contributed by atoms with Gasteiger partial charge in [0.2, 0.25) is 5.91 Å². The van der Waals surface area contributed by atoms with Crippen molar-refractivity contribution in [3.05, 3.63) is 41.1 Å². The Bertz CT molecular complexity index is 847. The number of alkyl halides is 1. The predicted octanol–water partition coefficient (Wildman–Crippen LogP) is 3.65. The smallest absolute Gasteiger partial charge is 0.334 e. The summed E-state index contributed by atoms with van der Waals surface area (Å²) in [7, 11) is 0. The fraction of sp³-hybridized carbons (Fsp3) is 0.400. The Morgan fingerprint density at radius 2 is 1.89 bits per heavy atom. The molecule has 0 saturated heterocycles. The maximum absolute atomic E-state index is 12.1. The van der Waals surface area contributed by atoms with E-state index in [0.717, 1.165) is 6.42 Å². The third-order valence-corrected chi connectivity index (χ3v) is 4.91. The van der Waals surface area contributed by atoms with E-state index in [1.807, 2.05) is 0 Å². The molecule has 0 aliphatic carbocycles. The first-order valence-electron chi connectivity index (χ1n) is 8.94. The van der Waals surface area contributed by atoms with E-state index in [0.29, 0.717) is 35.7 Å². The molecule has 0 fully saturated rings. The molecule has 0 saturated carbocycles. The van der Waals surface area contributed by atoms with E-state index in [1.54, 1.807) is 38.1 Å². The number of carboxylic acids is 2. The third-order valence-electron chi connectivity index (χ3n) is 4.64. The van der Waals surface area contributed by atoms with Crippen molar-refractivity contribution < 1.29 is 24.6 Å². The van der Waals surface area contributed by atoms with Gasteiger partial charge in [0.1, 0.15) is 5.92 Å². The highest BCUT2D eigenvalue weighted by atomic mass is 35.5. The summed E-state index contributed by atoms with van der Waals surface area (Å²) in [6.45, 7) is 3.14. The second-order valence-corrected chi connectivity index (χ2v) is 7.05. The van der Waals surface area contributed by atoms with E-state index in [1.165, 1.54) is 0 Å². The quantitative estimate of drug-likeness (QED) is 0.450. The van der Waals surface area contributed by atoms with Crippen molar-refractivity contribution in [1.29, 1.82) is 0 Å². The number of allylic oxidation sites excluding steroid dienone is 1. The summed E-state index contributed by atoms with van der Waals surface area (Å²) in [5.41, 5.74) is 1.55. The van der Waals surface area contributed by atoms with Gasteiger partial charge in [-0.05, 0) is 44.4 Å². The molecule has 7 nitrogen and oxygen atoms in total. The number of aliphatic carboxylic acids is 2. The second kappa shape index (κ2) is 9.50. The topological polar surface area (TPSA) is 116 Å². The van der Waals surface area contributed by atoms with E-state index >= 15 is 0 Å². The molecule has 1 heterocycles. The second-order valence-electron chi connectivity index (χ2n) is 6.67. The van der Waals surface area contributed by atoms with E-state index < -0.39 is 23.8 Å². The molecule has 150 valence electrons. The van der Waals surface area contributed by atoms with Gasteiger partial charge in [0.25, 0.3) is 0 Å². The fourth-order valence-corrected chi connectivity index (χ4v) is 3.60. The van der Waals surface area contributed by atoms with Crippen molar-refractivity contribution in [3.8, 4) is 0 Å². The number of halogens is 1. The molecule has 1 aliphatic heterocycles. The van der Waals surface area contributed by atoms with Crippen LogP contribution in [0.3, 0.4) is 0 Å². The molecule has 1 amide bonds. The average Bonchev–Trinajstić information content (AvgIpc) is 2.60. The molecule has 0 bridgehead atoms. The first kappa shape index (κ1) is 21.6. The van der Waals surface area contributed by atoms with Crippen LogP contribution in [0.4, 0.5) is 5.69 Å². The summed E-state index contributed by atoms with van der Waals surface area (Å²) < 4.78 is 0. The van der Waals surface area contributed by atoms with Crippen LogP contribution >= 0.6 is 11.6 Å².